The van der Waals surface area contributed by atoms with Crippen molar-refractivity contribution in [3.05, 3.63) is 85.5 Å². The van der Waals surface area contributed by atoms with Gasteiger partial charge in [0.1, 0.15) is 25.0 Å². The Hall–Kier alpha value is -2.01. The quantitative estimate of drug-likeness (QED) is 0.244. The van der Waals surface area contributed by atoms with Gasteiger partial charge in [0.15, 0.2) is 0 Å². The average Bonchev–Trinajstić information content (AvgIpc) is 3.19. The molecule has 0 aliphatic heterocycles. The lowest BCUT2D eigenvalue weighted by atomic mass is 10.1. The summed E-state index contributed by atoms with van der Waals surface area (Å²) in [5.41, 5.74) is 2.17. The summed E-state index contributed by atoms with van der Waals surface area (Å²) >= 11 is 4.61. The van der Waals surface area contributed by atoms with Crippen molar-refractivity contribution in [1.29, 1.82) is 0 Å². The molecule has 0 N–H and O–H groups in total. The van der Waals surface area contributed by atoms with Gasteiger partial charge in [-0.25, -0.2) is 4.68 Å². The van der Waals surface area contributed by atoms with E-state index in [0.717, 1.165) is 18.5 Å². The van der Waals surface area contributed by atoms with Crippen LogP contribution in [0.25, 0.3) is 10.8 Å². The lowest BCUT2D eigenvalue weighted by molar-refractivity contribution is 0.303. The number of halogens is 2. The summed E-state index contributed by atoms with van der Waals surface area (Å²) < 4.78 is 9.84. The molecule has 1 heterocycles. The van der Waals surface area contributed by atoms with Gasteiger partial charge in [0, 0.05) is 0 Å². The number of hydrogen-bond donors (Lipinski definition) is 0. The molecule has 0 amide bonds. The molecular weight excluding hydrogens is 566 g/mol. The summed E-state index contributed by atoms with van der Waals surface area (Å²) in [7, 11) is 0. The SMILES string of the molecule is Ic1cc(/C=N/n2cnnc2)cc(I)c1OCc1cccc2ccccc12. The molecule has 0 spiro atoms. The normalized spacial score (nSPS) is 11.3. The van der Waals surface area contributed by atoms with Crippen LogP contribution in [0.1, 0.15) is 11.1 Å². The van der Waals surface area contributed by atoms with Gasteiger partial charge in [-0.2, -0.15) is 5.10 Å². The molecule has 0 saturated heterocycles. The zero-order chi connectivity index (χ0) is 18.6. The Morgan fingerprint density at radius 1 is 0.963 bits per heavy atom. The van der Waals surface area contributed by atoms with Gasteiger partial charge < -0.3 is 4.74 Å². The number of ether oxygens (including phenoxy) is 1. The molecule has 0 atom stereocenters. The Labute approximate surface area is 183 Å². The van der Waals surface area contributed by atoms with Crippen molar-refractivity contribution in [3.8, 4) is 5.75 Å². The lowest BCUT2D eigenvalue weighted by Crippen LogP contribution is -2.01. The first kappa shape index (κ1) is 18.4. The highest BCUT2D eigenvalue weighted by Crippen LogP contribution is 2.30. The third-order valence-corrected chi connectivity index (χ3v) is 5.62. The summed E-state index contributed by atoms with van der Waals surface area (Å²) in [6, 6.07) is 18.8. The molecule has 0 aliphatic carbocycles. The number of benzene rings is 3. The number of rotatable bonds is 5. The van der Waals surface area contributed by atoms with Crippen LogP contribution >= 0.6 is 45.2 Å². The van der Waals surface area contributed by atoms with Crippen LogP contribution in [0.4, 0.5) is 0 Å². The first-order valence-electron chi connectivity index (χ1n) is 8.18. The fourth-order valence-electron chi connectivity index (χ4n) is 2.75. The maximum absolute atomic E-state index is 6.18. The lowest BCUT2D eigenvalue weighted by Gasteiger charge is -2.13. The van der Waals surface area contributed by atoms with Gasteiger partial charge in [-0.05, 0) is 79.2 Å². The number of hydrogen-bond acceptors (Lipinski definition) is 4. The Kier molecular flexibility index (Phi) is 5.67. The fourth-order valence-corrected chi connectivity index (χ4v) is 4.88. The van der Waals surface area contributed by atoms with E-state index in [2.05, 4.69) is 115 Å². The van der Waals surface area contributed by atoms with Crippen LogP contribution in [0.2, 0.25) is 0 Å². The number of fused-ring (bicyclic) bond motifs is 1. The molecular formula is C20H14I2N4O. The van der Waals surface area contributed by atoms with Crippen LogP contribution in [0.15, 0.2) is 72.4 Å². The Balaban J connectivity index is 1.55. The molecule has 0 radical (unpaired) electrons. The largest absolute Gasteiger partial charge is 0.487 e. The van der Waals surface area contributed by atoms with Gasteiger partial charge in [0.05, 0.1) is 13.4 Å². The van der Waals surface area contributed by atoms with Crippen LogP contribution in [-0.2, 0) is 6.61 Å². The molecule has 1 aromatic heterocycles. The molecule has 0 unspecified atom stereocenters. The molecule has 4 aromatic rings. The highest BCUT2D eigenvalue weighted by atomic mass is 127. The molecule has 7 heteroatoms. The second-order valence-electron chi connectivity index (χ2n) is 5.83. The van der Waals surface area contributed by atoms with Crippen molar-refractivity contribution in [2.24, 2.45) is 5.10 Å². The van der Waals surface area contributed by atoms with Crippen LogP contribution in [0.5, 0.6) is 5.75 Å². The molecule has 5 nitrogen and oxygen atoms in total. The molecule has 0 aliphatic rings. The second kappa shape index (κ2) is 8.34. The number of aromatic nitrogens is 3. The zero-order valence-corrected chi connectivity index (χ0v) is 18.4. The first-order chi connectivity index (χ1) is 13.2. The molecule has 0 fully saturated rings. The summed E-state index contributed by atoms with van der Waals surface area (Å²) in [6.07, 6.45) is 4.88. The van der Waals surface area contributed by atoms with E-state index in [1.165, 1.54) is 16.3 Å². The monoisotopic (exact) mass is 580 g/mol. The Bertz CT molecular complexity index is 1080. The summed E-state index contributed by atoms with van der Waals surface area (Å²) in [5, 5.41) is 14.2. The molecule has 0 saturated carbocycles. The maximum atomic E-state index is 6.18. The molecule has 0 bridgehead atoms. The average molecular weight is 580 g/mol. The van der Waals surface area contributed by atoms with E-state index in [4.69, 9.17) is 4.74 Å². The van der Waals surface area contributed by atoms with E-state index < -0.39 is 0 Å². The van der Waals surface area contributed by atoms with E-state index in [1.54, 1.807) is 23.5 Å². The van der Waals surface area contributed by atoms with Crippen molar-refractivity contribution in [2.45, 2.75) is 6.61 Å². The third kappa shape index (κ3) is 4.29. The topological polar surface area (TPSA) is 52.3 Å². The van der Waals surface area contributed by atoms with Crippen LogP contribution in [-0.4, -0.2) is 21.1 Å². The van der Waals surface area contributed by atoms with Gasteiger partial charge in [0.25, 0.3) is 0 Å². The van der Waals surface area contributed by atoms with E-state index >= 15 is 0 Å². The van der Waals surface area contributed by atoms with E-state index in [9.17, 15) is 0 Å². The van der Waals surface area contributed by atoms with E-state index in [-0.39, 0.29) is 0 Å². The Morgan fingerprint density at radius 2 is 1.67 bits per heavy atom. The highest BCUT2D eigenvalue weighted by molar-refractivity contribution is 14.1. The smallest absolute Gasteiger partial charge is 0.146 e. The zero-order valence-electron chi connectivity index (χ0n) is 14.1. The van der Waals surface area contributed by atoms with Crippen LogP contribution in [0, 0.1) is 7.14 Å². The van der Waals surface area contributed by atoms with Crippen molar-refractivity contribution >= 4 is 62.2 Å². The van der Waals surface area contributed by atoms with Gasteiger partial charge in [-0.1, -0.05) is 42.5 Å². The van der Waals surface area contributed by atoms with E-state index in [1.807, 2.05) is 0 Å². The minimum atomic E-state index is 0.529. The maximum Gasteiger partial charge on any atom is 0.146 e. The highest BCUT2D eigenvalue weighted by Gasteiger charge is 2.10. The third-order valence-electron chi connectivity index (χ3n) is 4.02. The van der Waals surface area contributed by atoms with Crippen LogP contribution in [0.3, 0.4) is 0 Å². The Morgan fingerprint density at radius 3 is 2.44 bits per heavy atom. The summed E-state index contributed by atoms with van der Waals surface area (Å²) in [4.78, 5) is 0. The predicted octanol–water partition coefficient (Wildman–Crippen LogP) is 5.10. The predicted molar refractivity (Wildman–Crippen MR) is 123 cm³/mol. The van der Waals surface area contributed by atoms with Crippen molar-refractivity contribution in [3.63, 3.8) is 0 Å². The minimum Gasteiger partial charge on any atom is -0.487 e. The van der Waals surface area contributed by atoms with Crippen molar-refractivity contribution in [2.75, 3.05) is 0 Å². The van der Waals surface area contributed by atoms with Gasteiger partial charge in [-0.3, -0.25) is 0 Å². The molecule has 134 valence electrons. The molecule has 3 aromatic carbocycles. The van der Waals surface area contributed by atoms with Crippen molar-refractivity contribution in [1.82, 2.24) is 14.9 Å². The van der Waals surface area contributed by atoms with Gasteiger partial charge in [-0.15, -0.1) is 10.2 Å². The van der Waals surface area contributed by atoms with Crippen molar-refractivity contribution < 1.29 is 4.74 Å². The second-order valence-corrected chi connectivity index (χ2v) is 8.15. The standard InChI is InChI=1S/C20H14I2N4O/c21-18-8-14(10-25-26-12-23-24-13-26)9-19(22)20(18)27-11-16-6-3-5-15-4-1-2-7-17(15)16/h1-10,12-13H,11H2/b25-10+. The van der Waals surface area contributed by atoms with Crippen LogP contribution < -0.4 is 4.74 Å². The minimum absolute atomic E-state index is 0.529. The fraction of sp³-hybridized carbons (Fsp3) is 0.0500. The van der Waals surface area contributed by atoms with Gasteiger partial charge >= 0.3 is 0 Å². The summed E-state index contributed by atoms with van der Waals surface area (Å²) in [6.45, 7) is 0.529. The molecule has 27 heavy (non-hydrogen) atoms. The first-order valence-corrected chi connectivity index (χ1v) is 10.3. The number of nitrogens with zero attached hydrogens (tertiary/aromatic N) is 4. The van der Waals surface area contributed by atoms with E-state index in [0.29, 0.717) is 6.61 Å². The van der Waals surface area contributed by atoms with Gasteiger partial charge in [0.2, 0.25) is 0 Å². The summed E-state index contributed by atoms with van der Waals surface area (Å²) in [5.74, 6) is 0.894. The molecule has 4 rings (SSSR count).